The van der Waals surface area contributed by atoms with Crippen LogP contribution in [0.2, 0.25) is 0 Å². The van der Waals surface area contributed by atoms with Gasteiger partial charge < -0.3 is 30.3 Å². The van der Waals surface area contributed by atoms with Crippen molar-refractivity contribution in [1.82, 2.24) is 4.90 Å². The molecule has 2 amide bonds. The number of hydrogen-bond donors (Lipinski definition) is 3. The van der Waals surface area contributed by atoms with Gasteiger partial charge in [0.25, 0.3) is 0 Å². The highest BCUT2D eigenvalue weighted by molar-refractivity contribution is 5.76. The van der Waals surface area contributed by atoms with Crippen molar-refractivity contribution in [1.29, 1.82) is 0 Å². The molecule has 4 N–H and O–H groups in total. The second-order valence-corrected chi connectivity index (χ2v) is 4.73. The maximum absolute atomic E-state index is 12.1. The topological polar surface area (TPSA) is 122 Å². The van der Waals surface area contributed by atoms with Gasteiger partial charge in [0.05, 0.1) is 39.6 Å². The van der Waals surface area contributed by atoms with Gasteiger partial charge in [-0.1, -0.05) is 0 Å². The van der Waals surface area contributed by atoms with Crippen LogP contribution in [0.3, 0.4) is 0 Å². The number of hydrogen-bond acceptors (Lipinski definition) is 6. The van der Waals surface area contributed by atoms with E-state index in [1.54, 1.807) is 4.90 Å². The molecule has 22 heavy (non-hydrogen) atoms. The van der Waals surface area contributed by atoms with E-state index in [1.165, 1.54) is 0 Å². The van der Waals surface area contributed by atoms with E-state index in [9.17, 15) is 9.59 Å². The van der Waals surface area contributed by atoms with Crippen LogP contribution in [0, 0.1) is 0 Å². The van der Waals surface area contributed by atoms with Crippen molar-refractivity contribution in [3.05, 3.63) is 0 Å². The lowest BCUT2D eigenvalue weighted by molar-refractivity contribution is -0.133. The average molecular weight is 320 g/mol. The molecule has 0 radical (unpaired) electrons. The number of unbranched alkanes of at least 4 members (excludes halogenated alkanes) is 1. The van der Waals surface area contributed by atoms with Gasteiger partial charge >= 0.3 is 0 Å². The first kappa shape index (κ1) is 20.8. The predicted octanol–water partition coefficient (Wildman–Crippen LogP) is -1.12. The van der Waals surface area contributed by atoms with Crippen molar-refractivity contribution in [2.75, 3.05) is 52.7 Å². The highest BCUT2D eigenvalue weighted by atomic mass is 16.5. The van der Waals surface area contributed by atoms with Gasteiger partial charge in [0.2, 0.25) is 11.8 Å². The van der Waals surface area contributed by atoms with Crippen LogP contribution >= 0.6 is 0 Å². The summed E-state index contributed by atoms with van der Waals surface area (Å²) < 4.78 is 10.3. The highest BCUT2D eigenvalue weighted by Crippen LogP contribution is 2.04. The molecule has 0 aliphatic rings. The van der Waals surface area contributed by atoms with Crippen molar-refractivity contribution < 1.29 is 29.3 Å². The minimum Gasteiger partial charge on any atom is -0.394 e. The molecule has 0 aromatic heterocycles. The number of nitrogens with two attached hydrogens (primary N) is 1. The van der Waals surface area contributed by atoms with E-state index in [-0.39, 0.29) is 44.7 Å². The van der Waals surface area contributed by atoms with E-state index in [2.05, 4.69) is 0 Å². The Morgan fingerprint density at radius 1 is 0.864 bits per heavy atom. The molecule has 0 spiro atoms. The van der Waals surface area contributed by atoms with E-state index in [0.29, 0.717) is 45.6 Å². The second kappa shape index (κ2) is 14.7. The van der Waals surface area contributed by atoms with Crippen molar-refractivity contribution in [2.45, 2.75) is 25.7 Å². The van der Waals surface area contributed by atoms with Gasteiger partial charge in [0, 0.05) is 25.9 Å². The van der Waals surface area contributed by atoms with Gasteiger partial charge in [0.15, 0.2) is 0 Å². The van der Waals surface area contributed by atoms with Crippen LogP contribution in [-0.2, 0) is 19.1 Å². The Kier molecular flexibility index (Phi) is 13.9. The molecule has 8 heteroatoms. The average Bonchev–Trinajstić information content (AvgIpc) is 2.49. The fourth-order valence-corrected chi connectivity index (χ4v) is 1.78. The Hall–Kier alpha value is -1.22. The first-order chi connectivity index (χ1) is 10.6. The van der Waals surface area contributed by atoms with Crippen LogP contribution in [0.1, 0.15) is 25.7 Å². The maximum atomic E-state index is 12.1. The molecule has 0 bridgehead atoms. The summed E-state index contributed by atoms with van der Waals surface area (Å²) in [5, 5.41) is 17.3. The minimum atomic E-state index is -0.362. The number of aliphatic hydroxyl groups is 2. The van der Waals surface area contributed by atoms with E-state index in [0.717, 1.165) is 0 Å². The lowest BCUT2D eigenvalue weighted by Gasteiger charge is -2.22. The standard InChI is InChI=1S/C14H28N2O6/c15-13(19)3-1-2-4-14(20)16(5-9-21-11-7-17)6-10-22-12-8-18/h17-18H,1-12H2,(H2,15,19). The minimum absolute atomic E-state index is 0.0373. The third-order valence-corrected chi connectivity index (χ3v) is 2.90. The van der Waals surface area contributed by atoms with Crippen LogP contribution < -0.4 is 5.73 Å². The summed E-state index contributed by atoms with van der Waals surface area (Å²) in [4.78, 5) is 24.4. The number of rotatable bonds is 15. The summed E-state index contributed by atoms with van der Waals surface area (Å²) in [7, 11) is 0. The Morgan fingerprint density at radius 2 is 1.36 bits per heavy atom. The quantitative estimate of drug-likeness (QED) is 0.328. The summed E-state index contributed by atoms with van der Waals surface area (Å²) >= 11 is 0. The van der Waals surface area contributed by atoms with E-state index in [1.807, 2.05) is 0 Å². The molecule has 0 aliphatic carbocycles. The normalized spacial score (nSPS) is 10.6. The second-order valence-electron chi connectivity index (χ2n) is 4.73. The largest absolute Gasteiger partial charge is 0.394 e. The molecule has 0 aromatic rings. The maximum Gasteiger partial charge on any atom is 0.222 e. The van der Waals surface area contributed by atoms with Gasteiger partial charge in [-0.3, -0.25) is 9.59 Å². The van der Waals surface area contributed by atoms with Crippen molar-refractivity contribution >= 4 is 11.8 Å². The Balaban J connectivity index is 4.05. The molecule has 0 aromatic carbocycles. The SMILES string of the molecule is NC(=O)CCCCC(=O)N(CCOCCO)CCOCCO. The number of carbonyl (C=O) groups excluding carboxylic acids is 2. The molecule has 0 atom stereocenters. The number of nitrogens with zero attached hydrogens (tertiary/aromatic N) is 1. The Bertz CT molecular complexity index is 289. The zero-order chi connectivity index (χ0) is 16.6. The molecule has 130 valence electrons. The van der Waals surface area contributed by atoms with Gasteiger partial charge in [-0.05, 0) is 12.8 Å². The molecule has 0 saturated carbocycles. The third-order valence-electron chi connectivity index (χ3n) is 2.90. The van der Waals surface area contributed by atoms with Gasteiger partial charge in [-0.2, -0.15) is 0 Å². The van der Waals surface area contributed by atoms with Crippen LogP contribution in [0.4, 0.5) is 0 Å². The Morgan fingerprint density at radius 3 is 1.82 bits per heavy atom. The van der Waals surface area contributed by atoms with Crippen molar-refractivity contribution in [2.24, 2.45) is 5.73 Å². The Labute approximate surface area is 131 Å². The summed E-state index contributed by atoms with van der Waals surface area (Å²) in [6.45, 7) is 1.88. The van der Waals surface area contributed by atoms with E-state index < -0.39 is 0 Å². The fraction of sp³-hybridized carbons (Fsp3) is 0.857. The number of carbonyl (C=O) groups is 2. The smallest absolute Gasteiger partial charge is 0.222 e. The highest BCUT2D eigenvalue weighted by Gasteiger charge is 2.13. The molecular formula is C14H28N2O6. The van der Waals surface area contributed by atoms with Crippen molar-refractivity contribution in [3.8, 4) is 0 Å². The van der Waals surface area contributed by atoms with E-state index >= 15 is 0 Å². The molecule has 0 aliphatic heterocycles. The monoisotopic (exact) mass is 320 g/mol. The molecular weight excluding hydrogens is 292 g/mol. The summed E-state index contributed by atoms with van der Waals surface area (Å²) in [6, 6.07) is 0. The third kappa shape index (κ3) is 12.5. The predicted molar refractivity (Wildman–Crippen MR) is 80.1 cm³/mol. The molecule has 0 fully saturated rings. The molecule has 8 nitrogen and oxygen atoms in total. The first-order valence-corrected chi connectivity index (χ1v) is 7.55. The number of ether oxygens (including phenoxy) is 2. The summed E-state index contributed by atoms with van der Waals surface area (Å²) in [5.41, 5.74) is 5.05. The van der Waals surface area contributed by atoms with Gasteiger partial charge in [-0.15, -0.1) is 0 Å². The van der Waals surface area contributed by atoms with Crippen LogP contribution in [0.25, 0.3) is 0 Å². The van der Waals surface area contributed by atoms with E-state index in [4.69, 9.17) is 25.4 Å². The molecule has 0 saturated heterocycles. The summed E-state index contributed by atoms with van der Waals surface area (Å²) in [5.74, 6) is -0.399. The van der Waals surface area contributed by atoms with Crippen LogP contribution in [0.15, 0.2) is 0 Å². The van der Waals surface area contributed by atoms with Gasteiger partial charge in [0.1, 0.15) is 0 Å². The lowest BCUT2D eigenvalue weighted by atomic mass is 10.1. The number of amides is 2. The molecule has 0 heterocycles. The summed E-state index contributed by atoms with van der Waals surface area (Å²) in [6.07, 6.45) is 1.82. The van der Waals surface area contributed by atoms with Crippen LogP contribution in [0.5, 0.6) is 0 Å². The zero-order valence-corrected chi connectivity index (χ0v) is 13.0. The van der Waals surface area contributed by atoms with Crippen molar-refractivity contribution in [3.63, 3.8) is 0 Å². The lowest BCUT2D eigenvalue weighted by Crippen LogP contribution is -2.37. The van der Waals surface area contributed by atoms with Gasteiger partial charge in [-0.25, -0.2) is 0 Å². The molecule has 0 unspecified atom stereocenters. The fourth-order valence-electron chi connectivity index (χ4n) is 1.78. The number of primary amides is 1. The number of aliphatic hydroxyl groups excluding tert-OH is 2. The first-order valence-electron chi connectivity index (χ1n) is 7.55. The van der Waals surface area contributed by atoms with Crippen LogP contribution in [-0.4, -0.2) is 79.7 Å². The molecule has 0 rings (SSSR count). The zero-order valence-electron chi connectivity index (χ0n) is 13.0.